The first-order valence-electron chi connectivity index (χ1n) is 10.8. The SMILES string of the molecule is COc1ccc(-c2cc(-c3cnc4c(NCCCO)nc5cc(C(F)(F)F)ccc5n34)[nH]n2)cc1. The lowest BCUT2D eigenvalue weighted by atomic mass is 10.1. The molecule has 5 aromatic rings. The van der Waals surface area contributed by atoms with E-state index in [4.69, 9.17) is 9.84 Å². The van der Waals surface area contributed by atoms with Crippen molar-refractivity contribution in [3.63, 3.8) is 0 Å². The molecule has 0 saturated heterocycles. The average Bonchev–Trinajstić information content (AvgIpc) is 3.51. The number of H-pyrrole nitrogens is 1. The van der Waals surface area contributed by atoms with Crippen LogP contribution >= 0.6 is 0 Å². The summed E-state index contributed by atoms with van der Waals surface area (Å²) in [6.07, 6.45) is -2.42. The van der Waals surface area contributed by atoms with E-state index in [9.17, 15) is 13.2 Å². The van der Waals surface area contributed by atoms with Crippen LogP contribution in [0.15, 0.2) is 54.7 Å². The van der Waals surface area contributed by atoms with E-state index in [-0.39, 0.29) is 12.1 Å². The number of benzene rings is 2. The summed E-state index contributed by atoms with van der Waals surface area (Å²) in [5, 5.41) is 19.6. The molecule has 5 rings (SSSR count). The zero-order valence-corrected chi connectivity index (χ0v) is 18.6. The third-order valence-electron chi connectivity index (χ3n) is 5.62. The zero-order valence-electron chi connectivity index (χ0n) is 18.6. The van der Waals surface area contributed by atoms with E-state index < -0.39 is 11.7 Å². The van der Waals surface area contributed by atoms with Crippen molar-refractivity contribution < 1.29 is 23.0 Å². The van der Waals surface area contributed by atoms with Crippen LogP contribution in [0.2, 0.25) is 0 Å². The number of aliphatic hydroxyl groups excluding tert-OH is 1. The summed E-state index contributed by atoms with van der Waals surface area (Å²) >= 11 is 0. The largest absolute Gasteiger partial charge is 0.497 e. The van der Waals surface area contributed by atoms with Gasteiger partial charge < -0.3 is 15.2 Å². The first kappa shape index (κ1) is 22.7. The molecule has 11 heteroatoms. The lowest BCUT2D eigenvalue weighted by Crippen LogP contribution is -2.09. The maximum Gasteiger partial charge on any atom is 0.416 e. The highest BCUT2D eigenvalue weighted by Crippen LogP contribution is 2.34. The van der Waals surface area contributed by atoms with Gasteiger partial charge in [-0.15, -0.1) is 0 Å². The van der Waals surface area contributed by atoms with Gasteiger partial charge in [0.25, 0.3) is 0 Å². The predicted octanol–water partition coefficient (Wildman–Crippen LogP) is 4.76. The fraction of sp³-hybridized carbons (Fsp3) is 0.208. The number of imidazole rings is 1. The minimum atomic E-state index is -4.50. The number of fused-ring (bicyclic) bond motifs is 3. The van der Waals surface area contributed by atoms with E-state index in [1.54, 1.807) is 17.7 Å². The molecule has 3 heterocycles. The molecule has 0 spiro atoms. The molecular weight excluding hydrogens is 461 g/mol. The number of aliphatic hydroxyl groups is 1. The highest BCUT2D eigenvalue weighted by Gasteiger charge is 2.31. The highest BCUT2D eigenvalue weighted by atomic mass is 19.4. The van der Waals surface area contributed by atoms with Gasteiger partial charge in [-0.1, -0.05) is 0 Å². The summed E-state index contributed by atoms with van der Waals surface area (Å²) in [5.74, 6) is 1.05. The van der Waals surface area contributed by atoms with E-state index in [0.717, 1.165) is 23.4 Å². The van der Waals surface area contributed by atoms with Gasteiger partial charge >= 0.3 is 6.18 Å². The fourth-order valence-corrected chi connectivity index (χ4v) is 3.87. The summed E-state index contributed by atoms with van der Waals surface area (Å²) in [5.41, 5.74) is 3.10. The third-order valence-corrected chi connectivity index (χ3v) is 5.62. The van der Waals surface area contributed by atoms with E-state index in [0.29, 0.717) is 47.0 Å². The summed E-state index contributed by atoms with van der Waals surface area (Å²) < 4.78 is 47.0. The molecule has 0 saturated carbocycles. The summed E-state index contributed by atoms with van der Waals surface area (Å²) in [6.45, 7) is 0.356. The van der Waals surface area contributed by atoms with Crippen molar-refractivity contribution in [2.75, 3.05) is 25.6 Å². The topological polar surface area (TPSA) is 100 Å². The van der Waals surface area contributed by atoms with Gasteiger partial charge in [-0.3, -0.25) is 9.50 Å². The van der Waals surface area contributed by atoms with Gasteiger partial charge in [0.2, 0.25) is 0 Å². The number of hydrogen-bond acceptors (Lipinski definition) is 6. The Balaban J connectivity index is 1.65. The van der Waals surface area contributed by atoms with Crippen molar-refractivity contribution in [2.45, 2.75) is 12.6 Å². The second-order valence-electron chi connectivity index (χ2n) is 7.86. The van der Waals surface area contributed by atoms with Crippen molar-refractivity contribution in [2.24, 2.45) is 0 Å². The first-order chi connectivity index (χ1) is 16.9. The van der Waals surface area contributed by atoms with E-state index >= 15 is 0 Å². The Morgan fingerprint density at radius 3 is 2.63 bits per heavy atom. The van der Waals surface area contributed by atoms with Crippen LogP contribution in [0, 0.1) is 0 Å². The van der Waals surface area contributed by atoms with Crippen LogP contribution in [0.3, 0.4) is 0 Å². The van der Waals surface area contributed by atoms with Gasteiger partial charge in [0.15, 0.2) is 11.5 Å². The van der Waals surface area contributed by atoms with Gasteiger partial charge in [0, 0.05) is 18.7 Å². The molecule has 0 amide bonds. The highest BCUT2D eigenvalue weighted by molar-refractivity contribution is 5.86. The van der Waals surface area contributed by atoms with Crippen LogP contribution in [-0.4, -0.2) is 49.9 Å². The van der Waals surface area contributed by atoms with Crippen molar-refractivity contribution in [1.82, 2.24) is 24.6 Å². The number of rotatable bonds is 7. The van der Waals surface area contributed by atoms with Crippen LogP contribution in [0.25, 0.3) is 39.3 Å². The van der Waals surface area contributed by atoms with Gasteiger partial charge in [-0.25, -0.2) is 9.97 Å². The molecule has 0 aliphatic rings. The summed E-state index contributed by atoms with van der Waals surface area (Å²) in [6, 6.07) is 12.7. The Morgan fingerprint density at radius 1 is 1.11 bits per heavy atom. The number of nitrogens with one attached hydrogen (secondary N) is 2. The molecule has 0 fully saturated rings. The standard InChI is InChI=1S/C24H21F3N6O2/c1-35-16-6-3-14(4-7-16)17-12-19(32-31-17)21-13-29-23-22(28-9-2-10-34)30-18-11-15(24(25,26)27)5-8-20(18)33(21)23/h3-8,11-13,34H,2,9-10H2,1H3,(H,28,30)(H,31,32). The number of aromatic amines is 1. The summed E-state index contributed by atoms with van der Waals surface area (Å²) in [4.78, 5) is 8.90. The second kappa shape index (κ2) is 8.91. The first-order valence-corrected chi connectivity index (χ1v) is 10.8. The quantitative estimate of drug-likeness (QED) is 0.289. The number of aromatic nitrogens is 5. The maximum atomic E-state index is 13.4. The van der Waals surface area contributed by atoms with E-state index in [2.05, 4.69) is 25.5 Å². The van der Waals surface area contributed by atoms with E-state index in [1.807, 2.05) is 30.3 Å². The number of nitrogens with zero attached hydrogens (tertiary/aromatic N) is 4. The Kier molecular flexibility index (Phi) is 5.77. The molecule has 8 nitrogen and oxygen atoms in total. The van der Waals surface area contributed by atoms with Crippen LogP contribution in [0.4, 0.5) is 19.0 Å². The van der Waals surface area contributed by atoms with Gasteiger partial charge in [-0.05, 0) is 55.0 Å². The number of alkyl halides is 3. The van der Waals surface area contributed by atoms with Gasteiger partial charge in [0.05, 0.1) is 47.0 Å². The number of hydrogen-bond donors (Lipinski definition) is 3. The third kappa shape index (κ3) is 4.26. The zero-order chi connectivity index (χ0) is 24.6. The molecule has 35 heavy (non-hydrogen) atoms. The molecule has 3 aromatic heterocycles. The van der Waals surface area contributed by atoms with Crippen molar-refractivity contribution in [1.29, 1.82) is 0 Å². The fourth-order valence-electron chi connectivity index (χ4n) is 3.87. The Hall–Kier alpha value is -4.12. The number of anilines is 1. The number of halogens is 3. The van der Waals surface area contributed by atoms with Crippen molar-refractivity contribution in [3.8, 4) is 28.4 Å². The number of ether oxygens (including phenoxy) is 1. The molecule has 2 aromatic carbocycles. The average molecular weight is 482 g/mol. The van der Waals surface area contributed by atoms with Crippen LogP contribution in [0.1, 0.15) is 12.0 Å². The molecule has 180 valence electrons. The van der Waals surface area contributed by atoms with Gasteiger partial charge in [-0.2, -0.15) is 18.3 Å². The molecule has 0 unspecified atom stereocenters. The van der Waals surface area contributed by atoms with Crippen LogP contribution in [0.5, 0.6) is 5.75 Å². The summed E-state index contributed by atoms with van der Waals surface area (Å²) in [7, 11) is 1.59. The molecule has 0 aliphatic carbocycles. The minimum absolute atomic E-state index is 0.0307. The Labute approximate surface area is 197 Å². The molecular formula is C24H21F3N6O2. The van der Waals surface area contributed by atoms with Gasteiger partial charge in [0.1, 0.15) is 5.75 Å². The van der Waals surface area contributed by atoms with Crippen molar-refractivity contribution >= 4 is 22.5 Å². The molecule has 0 aliphatic heterocycles. The Morgan fingerprint density at radius 2 is 1.91 bits per heavy atom. The lowest BCUT2D eigenvalue weighted by Gasteiger charge is -2.13. The predicted molar refractivity (Wildman–Crippen MR) is 125 cm³/mol. The van der Waals surface area contributed by atoms with Crippen LogP contribution < -0.4 is 10.1 Å². The molecule has 0 bridgehead atoms. The lowest BCUT2D eigenvalue weighted by molar-refractivity contribution is -0.137. The van der Waals surface area contributed by atoms with Crippen LogP contribution in [-0.2, 0) is 6.18 Å². The Bertz CT molecular complexity index is 1490. The second-order valence-corrected chi connectivity index (χ2v) is 7.86. The molecule has 0 radical (unpaired) electrons. The van der Waals surface area contributed by atoms with E-state index in [1.165, 1.54) is 6.07 Å². The maximum absolute atomic E-state index is 13.4. The normalized spacial score (nSPS) is 11.9. The smallest absolute Gasteiger partial charge is 0.416 e. The number of methoxy groups -OCH3 is 1. The molecule has 3 N–H and O–H groups in total. The molecule has 0 atom stereocenters. The van der Waals surface area contributed by atoms with Crippen molar-refractivity contribution in [3.05, 3.63) is 60.3 Å². The monoisotopic (exact) mass is 482 g/mol. The minimum Gasteiger partial charge on any atom is -0.497 e.